The number of allylic oxidation sites excluding steroid dienone is 1. The molecule has 0 heterocycles. The summed E-state index contributed by atoms with van der Waals surface area (Å²) >= 11 is 0. The lowest BCUT2D eigenvalue weighted by Crippen LogP contribution is -2.07. The summed E-state index contributed by atoms with van der Waals surface area (Å²) in [4.78, 5) is 11.3. The highest BCUT2D eigenvalue weighted by molar-refractivity contribution is 5.78. The third-order valence-corrected chi connectivity index (χ3v) is 2.79. The van der Waals surface area contributed by atoms with Crippen LogP contribution in [0.3, 0.4) is 0 Å². The summed E-state index contributed by atoms with van der Waals surface area (Å²) in [6.07, 6.45) is 3.54. The van der Waals surface area contributed by atoms with Crippen molar-refractivity contribution in [3.05, 3.63) is 12.3 Å². The molecule has 1 aliphatic carbocycles. The van der Waals surface area contributed by atoms with E-state index in [2.05, 4.69) is 13.8 Å². The largest absolute Gasteiger partial charge is 0.505 e. The van der Waals surface area contributed by atoms with Crippen LogP contribution in [0.4, 0.5) is 0 Å². The second-order valence-electron chi connectivity index (χ2n) is 3.91. The van der Waals surface area contributed by atoms with Crippen LogP contribution >= 0.6 is 0 Å². The van der Waals surface area contributed by atoms with E-state index in [0.29, 0.717) is 0 Å². The lowest BCUT2D eigenvalue weighted by molar-refractivity contribution is -0.143. The Balaban J connectivity index is 2.60. The van der Waals surface area contributed by atoms with E-state index in [1.54, 1.807) is 13.4 Å². The van der Waals surface area contributed by atoms with Crippen LogP contribution in [0.25, 0.3) is 0 Å². The van der Waals surface area contributed by atoms with Gasteiger partial charge in [0, 0.05) is 0 Å². The van der Waals surface area contributed by atoms with Gasteiger partial charge in [0.05, 0.1) is 26.4 Å². The SMILES string of the molecule is CO/C=C/C1C(C(=O)OC)C1(C)C. The van der Waals surface area contributed by atoms with Gasteiger partial charge in [-0.3, -0.25) is 4.79 Å². The number of carbonyl (C=O) groups is 1. The van der Waals surface area contributed by atoms with Crippen molar-refractivity contribution in [3.8, 4) is 0 Å². The quantitative estimate of drug-likeness (QED) is 0.493. The first kappa shape index (κ1) is 10.1. The average molecular weight is 184 g/mol. The van der Waals surface area contributed by atoms with E-state index in [0.717, 1.165) is 0 Å². The Morgan fingerprint density at radius 1 is 1.38 bits per heavy atom. The van der Waals surface area contributed by atoms with Gasteiger partial charge in [0.15, 0.2) is 0 Å². The summed E-state index contributed by atoms with van der Waals surface area (Å²) in [6, 6.07) is 0. The van der Waals surface area contributed by atoms with Gasteiger partial charge in [-0.2, -0.15) is 0 Å². The molecule has 0 spiro atoms. The van der Waals surface area contributed by atoms with Crippen molar-refractivity contribution >= 4 is 5.97 Å². The fourth-order valence-electron chi connectivity index (χ4n) is 1.78. The Morgan fingerprint density at radius 3 is 2.46 bits per heavy atom. The average Bonchev–Trinajstić information content (AvgIpc) is 2.63. The van der Waals surface area contributed by atoms with Crippen molar-refractivity contribution in [2.75, 3.05) is 14.2 Å². The van der Waals surface area contributed by atoms with E-state index in [9.17, 15) is 4.79 Å². The number of rotatable bonds is 3. The molecule has 0 aromatic heterocycles. The molecule has 74 valence electrons. The van der Waals surface area contributed by atoms with Crippen molar-refractivity contribution in [3.63, 3.8) is 0 Å². The monoisotopic (exact) mass is 184 g/mol. The molecule has 1 aliphatic rings. The molecule has 0 bridgehead atoms. The number of methoxy groups -OCH3 is 2. The molecule has 1 fully saturated rings. The molecule has 0 amide bonds. The Kier molecular flexibility index (Phi) is 2.64. The van der Waals surface area contributed by atoms with E-state index in [1.165, 1.54) is 7.11 Å². The maximum Gasteiger partial charge on any atom is 0.309 e. The highest BCUT2D eigenvalue weighted by Crippen LogP contribution is 2.59. The van der Waals surface area contributed by atoms with E-state index < -0.39 is 0 Å². The molecule has 13 heavy (non-hydrogen) atoms. The number of esters is 1. The number of hydrogen-bond donors (Lipinski definition) is 0. The summed E-state index contributed by atoms with van der Waals surface area (Å²) in [5.41, 5.74) is 0.0160. The fourth-order valence-corrected chi connectivity index (χ4v) is 1.78. The number of hydrogen-bond acceptors (Lipinski definition) is 3. The van der Waals surface area contributed by atoms with Crippen molar-refractivity contribution < 1.29 is 14.3 Å². The molecule has 3 nitrogen and oxygen atoms in total. The van der Waals surface area contributed by atoms with Gasteiger partial charge in [-0.25, -0.2) is 0 Å². The lowest BCUT2D eigenvalue weighted by Gasteiger charge is -1.98. The molecule has 0 radical (unpaired) electrons. The topological polar surface area (TPSA) is 35.5 Å². The first-order chi connectivity index (χ1) is 6.05. The smallest absolute Gasteiger partial charge is 0.309 e. The minimum absolute atomic E-state index is 0.0103. The van der Waals surface area contributed by atoms with Crippen LogP contribution in [0.5, 0.6) is 0 Å². The Hall–Kier alpha value is -0.990. The highest BCUT2D eigenvalue weighted by Gasteiger charge is 2.61. The van der Waals surface area contributed by atoms with Gasteiger partial charge in [0.1, 0.15) is 0 Å². The minimum Gasteiger partial charge on any atom is -0.505 e. The van der Waals surface area contributed by atoms with Crippen molar-refractivity contribution in [2.24, 2.45) is 17.3 Å². The summed E-state index contributed by atoms with van der Waals surface area (Å²) < 4.78 is 9.52. The molecule has 2 unspecified atom stereocenters. The van der Waals surface area contributed by atoms with Crippen LogP contribution in [0.15, 0.2) is 12.3 Å². The van der Waals surface area contributed by atoms with Gasteiger partial charge in [0.2, 0.25) is 0 Å². The summed E-state index contributed by atoms with van der Waals surface area (Å²) in [5, 5.41) is 0. The summed E-state index contributed by atoms with van der Waals surface area (Å²) in [6.45, 7) is 4.11. The molecule has 0 saturated heterocycles. The van der Waals surface area contributed by atoms with Gasteiger partial charge >= 0.3 is 5.97 Å². The first-order valence-corrected chi connectivity index (χ1v) is 4.33. The van der Waals surface area contributed by atoms with Gasteiger partial charge in [-0.05, 0) is 17.4 Å². The van der Waals surface area contributed by atoms with Crippen LogP contribution in [0, 0.1) is 17.3 Å². The van der Waals surface area contributed by atoms with Crippen molar-refractivity contribution in [1.29, 1.82) is 0 Å². The highest BCUT2D eigenvalue weighted by atomic mass is 16.5. The normalized spacial score (nSPS) is 30.2. The second-order valence-corrected chi connectivity index (χ2v) is 3.91. The van der Waals surface area contributed by atoms with Gasteiger partial charge < -0.3 is 9.47 Å². The van der Waals surface area contributed by atoms with Crippen LogP contribution in [-0.4, -0.2) is 20.2 Å². The van der Waals surface area contributed by atoms with E-state index in [-0.39, 0.29) is 23.2 Å². The summed E-state index contributed by atoms with van der Waals surface area (Å²) in [7, 11) is 3.02. The zero-order valence-corrected chi connectivity index (χ0v) is 8.53. The molecular weight excluding hydrogens is 168 g/mol. The Labute approximate surface area is 78.7 Å². The standard InChI is InChI=1S/C10H16O3/c1-10(2)7(5-6-12-3)8(10)9(11)13-4/h5-8H,1-4H3/b6-5+. The van der Waals surface area contributed by atoms with E-state index in [1.807, 2.05) is 6.08 Å². The Morgan fingerprint density at radius 2 is 2.00 bits per heavy atom. The molecule has 0 aromatic rings. The molecule has 3 heteroatoms. The van der Waals surface area contributed by atoms with E-state index in [4.69, 9.17) is 9.47 Å². The summed E-state index contributed by atoms with van der Waals surface area (Å²) in [5.74, 6) is 0.111. The maximum absolute atomic E-state index is 11.3. The van der Waals surface area contributed by atoms with Crippen LogP contribution in [0.1, 0.15) is 13.8 Å². The number of carbonyl (C=O) groups excluding carboxylic acids is 1. The predicted molar refractivity (Wildman–Crippen MR) is 48.9 cm³/mol. The molecule has 1 saturated carbocycles. The lowest BCUT2D eigenvalue weighted by atomic mass is 10.1. The second kappa shape index (κ2) is 3.40. The zero-order chi connectivity index (χ0) is 10.1. The van der Waals surface area contributed by atoms with Gasteiger partial charge in [-0.1, -0.05) is 13.8 Å². The molecule has 1 rings (SSSR count). The fraction of sp³-hybridized carbons (Fsp3) is 0.700. The molecule has 0 aliphatic heterocycles. The van der Waals surface area contributed by atoms with Gasteiger partial charge in [0.25, 0.3) is 0 Å². The van der Waals surface area contributed by atoms with E-state index >= 15 is 0 Å². The van der Waals surface area contributed by atoms with Crippen molar-refractivity contribution in [2.45, 2.75) is 13.8 Å². The van der Waals surface area contributed by atoms with Crippen LogP contribution in [-0.2, 0) is 14.3 Å². The van der Waals surface area contributed by atoms with Gasteiger partial charge in [-0.15, -0.1) is 0 Å². The molecule has 0 aromatic carbocycles. The zero-order valence-electron chi connectivity index (χ0n) is 8.53. The molecular formula is C10H16O3. The van der Waals surface area contributed by atoms with Crippen LogP contribution in [0.2, 0.25) is 0 Å². The third kappa shape index (κ3) is 1.69. The number of ether oxygens (including phenoxy) is 2. The maximum atomic E-state index is 11.3. The third-order valence-electron chi connectivity index (χ3n) is 2.79. The van der Waals surface area contributed by atoms with Crippen molar-refractivity contribution in [1.82, 2.24) is 0 Å². The molecule has 0 N–H and O–H groups in total. The van der Waals surface area contributed by atoms with Crippen LogP contribution < -0.4 is 0 Å². The Bertz CT molecular complexity index is 230. The minimum atomic E-state index is -0.129. The first-order valence-electron chi connectivity index (χ1n) is 4.33. The molecule has 2 atom stereocenters. The predicted octanol–water partition coefficient (Wildman–Crippen LogP) is 1.59.